The van der Waals surface area contributed by atoms with Gasteiger partial charge in [-0.2, -0.15) is 0 Å². The van der Waals surface area contributed by atoms with Crippen LogP contribution in [-0.4, -0.2) is 28.6 Å². The quantitative estimate of drug-likeness (QED) is 0.791. The van der Waals surface area contributed by atoms with Crippen molar-refractivity contribution in [3.8, 4) is 0 Å². The van der Waals surface area contributed by atoms with Gasteiger partial charge in [-0.1, -0.05) is 13.3 Å². The number of carbonyl (C=O) groups is 1. The fourth-order valence-electron chi connectivity index (χ4n) is 1.42. The fraction of sp³-hybridized carbons (Fsp3) is 0.583. The molecule has 0 unspecified atom stereocenters. The van der Waals surface area contributed by atoms with Crippen LogP contribution in [0.4, 0.5) is 5.95 Å². The molecule has 1 aromatic rings. The molecule has 0 atom stereocenters. The number of rotatable bonds is 5. The summed E-state index contributed by atoms with van der Waals surface area (Å²) in [5.41, 5.74) is 0.259. The van der Waals surface area contributed by atoms with Gasteiger partial charge in [-0.25, -0.2) is 14.8 Å². The Morgan fingerprint density at radius 2 is 2.00 bits per heavy atom. The van der Waals surface area contributed by atoms with Gasteiger partial charge in [-0.05, 0) is 25.8 Å². The molecule has 0 aliphatic heterocycles. The lowest BCUT2D eigenvalue weighted by Gasteiger charge is -2.22. The zero-order chi connectivity index (χ0) is 12.9. The molecule has 0 amide bonds. The molecule has 0 saturated carbocycles. The van der Waals surface area contributed by atoms with Crippen LogP contribution >= 0.6 is 0 Å². The van der Waals surface area contributed by atoms with E-state index in [0.29, 0.717) is 5.95 Å². The molecule has 94 valence electrons. The predicted molar refractivity (Wildman–Crippen MR) is 65.7 cm³/mol. The van der Waals surface area contributed by atoms with E-state index in [-0.39, 0.29) is 5.97 Å². The highest BCUT2D eigenvalue weighted by atomic mass is 16.5. The normalized spacial score (nSPS) is 11.1. The Labute approximate surface area is 102 Å². The second-order valence-electron chi connectivity index (χ2n) is 4.41. The minimum absolute atomic E-state index is 0.348. The van der Waals surface area contributed by atoms with Crippen molar-refractivity contribution < 1.29 is 9.53 Å². The first-order valence-corrected chi connectivity index (χ1v) is 5.67. The average Bonchev–Trinajstić information content (AvgIpc) is 2.30. The zero-order valence-corrected chi connectivity index (χ0v) is 10.8. The van der Waals surface area contributed by atoms with Crippen LogP contribution in [0.5, 0.6) is 0 Å². The van der Waals surface area contributed by atoms with E-state index in [0.717, 1.165) is 18.4 Å². The lowest BCUT2D eigenvalue weighted by atomic mass is 10.1. The third kappa shape index (κ3) is 3.69. The maximum atomic E-state index is 11.5. The summed E-state index contributed by atoms with van der Waals surface area (Å²) in [6, 6.07) is 0. The summed E-state index contributed by atoms with van der Waals surface area (Å²) in [5.74, 6) is 0.0824. The summed E-state index contributed by atoms with van der Waals surface area (Å²) < 4.78 is 4.69. The molecule has 1 rings (SSSR count). The largest absolute Gasteiger partial charge is 0.467 e. The molecule has 1 aromatic heterocycles. The van der Waals surface area contributed by atoms with Gasteiger partial charge in [0.05, 0.1) is 7.11 Å². The molecule has 1 heterocycles. The van der Waals surface area contributed by atoms with Gasteiger partial charge in [0.25, 0.3) is 0 Å². The Balaban J connectivity index is 2.71. The molecule has 5 nitrogen and oxygen atoms in total. The summed E-state index contributed by atoms with van der Waals surface area (Å²) in [5, 5.41) is 2.94. The molecule has 0 radical (unpaired) electrons. The van der Waals surface area contributed by atoms with Crippen molar-refractivity contribution in [2.24, 2.45) is 0 Å². The molecule has 1 N–H and O–H groups in total. The van der Waals surface area contributed by atoms with Crippen molar-refractivity contribution in [2.45, 2.75) is 39.2 Å². The monoisotopic (exact) mass is 237 g/mol. The number of hydrogen-bond donors (Lipinski definition) is 1. The third-order valence-corrected chi connectivity index (χ3v) is 2.36. The number of esters is 1. The lowest BCUT2D eigenvalue weighted by Crippen LogP contribution is -2.41. The molecule has 0 fully saturated rings. The van der Waals surface area contributed by atoms with Crippen LogP contribution in [0.1, 0.15) is 32.8 Å². The zero-order valence-electron chi connectivity index (χ0n) is 10.8. The number of anilines is 1. The van der Waals surface area contributed by atoms with Gasteiger partial charge >= 0.3 is 5.97 Å². The van der Waals surface area contributed by atoms with E-state index in [4.69, 9.17) is 4.74 Å². The Bertz CT molecular complexity index is 374. The molecule has 0 aliphatic rings. The maximum Gasteiger partial charge on any atom is 0.330 e. The molecule has 0 aromatic carbocycles. The minimum Gasteiger partial charge on any atom is -0.467 e. The summed E-state index contributed by atoms with van der Waals surface area (Å²) in [6.45, 7) is 5.55. The third-order valence-electron chi connectivity index (χ3n) is 2.36. The molecule has 0 bridgehead atoms. The Kier molecular flexibility index (Phi) is 4.43. The second-order valence-corrected chi connectivity index (χ2v) is 4.41. The second kappa shape index (κ2) is 5.61. The van der Waals surface area contributed by atoms with Gasteiger partial charge in [0.1, 0.15) is 5.54 Å². The molecule has 5 heteroatoms. The number of nitrogens with one attached hydrogen (secondary N) is 1. The van der Waals surface area contributed by atoms with E-state index in [1.807, 2.05) is 0 Å². The number of aromatic nitrogens is 2. The van der Waals surface area contributed by atoms with Crippen molar-refractivity contribution in [2.75, 3.05) is 12.4 Å². The number of methoxy groups -OCH3 is 1. The van der Waals surface area contributed by atoms with E-state index in [2.05, 4.69) is 22.2 Å². The van der Waals surface area contributed by atoms with Crippen LogP contribution in [0.25, 0.3) is 0 Å². The first kappa shape index (κ1) is 13.4. The first-order chi connectivity index (χ1) is 7.99. The van der Waals surface area contributed by atoms with Crippen molar-refractivity contribution >= 4 is 11.9 Å². The predicted octanol–water partition coefficient (Wildman–Crippen LogP) is 1.79. The molecular weight excluding hydrogens is 218 g/mol. The summed E-state index contributed by atoms with van der Waals surface area (Å²) >= 11 is 0. The minimum atomic E-state index is -0.832. The summed E-state index contributed by atoms with van der Waals surface area (Å²) in [4.78, 5) is 19.8. The average molecular weight is 237 g/mol. The molecule has 0 saturated heterocycles. The smallest absolute Gasteiger partial charge is 0.330 e. The Morgan fingerprint density at radius 3 is 2.47 bits per heavy atom. The molecule has 0 aliphatic carbocycles. The van der Waals surface area contributed by atoms with E-state index < -0.39 is 5.54 Å². The molecule has 0 spiro atoms. The van der Waals surface area contributed by atoms with Crippen LogP contribution < -0.4 is 5.32 Å². The van der Waals surface area contributed by atoms with Crippen molar-refractivity contribution in [1.82, 2.24) is 9.97 Å². The van der Waals surface area contributed by atoms with Crippen molar-refractivity contribution in [1.29, 1.82) is 0 Å². The van der Waals surface area contributed by atoms with E-state index in [1.165, 1.54) is 7.11 Å². The highest BCUT2D eigenvalue weighted by molar-refractivity contribution is 5.82. The maximum absolute atomic E-state index is 11.5. The highest BCUT2D eigenvalue weighted by Gasteiger charge is 2.29. The standard InChI is InChI=1S/C12H19N3O2/c1-5-6-9-7-13-11(14-8-9)15-12(2,3)10(16)17-4/h7-8H,5-6H2,1-4H3,(H,13,14,15). The van der Waals surface area contributed by atoms with Gasteiger partial charge in [-0.3, -0.25) is 0 Å². The van der Waals surface area contributed by atoms with Gasteiger partial charge in [0.2, 0.25) is 5.95 Å². The van der Waals surface area contributed by atoms with Gasteiger partial charge in [-0.15, -0.1) is 0 Å². The van der Waals surface area contributed by atoms with E-state index in [1.54, 1.807) is 26.2 Å². The van der Waals surface area contributed by atoms with Crippen LogP contribution in [0, 0.1) is 0 Å². The molecular formula is C12H19N3O2. The number of aryl methyl sites for hydroxylation is 1. The van der Waals surface area contributed by atoms with Crippen LogP contribution in [0.2, 0.25) is 0 Å². The number of ether oxygens (including phenoxy) is 1. The fourth-order valence-corrected chi connectivity index (χ4v) is 1.42. The van der Waals surface area contributed by atoms with Gasteiger partial charge in [0, 0.05) is 12.4 Å². The SMILES string of the molecule is CCCc1cnc(NC(C)(C)C(=O)OC)nc1. The van der Waals surface area contributed by atoms with Crippen LogP contribution in [0.3, 0.4) is 0 Å². The number of carbonyl (C=O) groups excluding carboxylic acids is 1. The van der Waals surface area contributed by atoms with Crippen molar-refractivity contribution in [3.05, 3.63) is 18.0 Å². The van der Waals surface area contributed by atoms with E-state index in [9.17, 15) is 4.79 Å². The Hall–Kier alpha value is -1.65. The Morgan fingerprint density at radius 1 is 1.41 bits per heavy atom. The van der Waals surface area contributed by atoms with Crippen molar-refractivity contribution in [3.63, 3.8) is 0 Å². The highest BCUT2D eigenvalue weighted by Crippen LogP contribution is 2.12. The summed E-state index contributed by atoms with van der Waals surface area (Å²) in [7, 11) is 1.36. The van der Waals surface area contributed by atoms with Gasteiger partial charge < -0.3 is 10.1 Å². The number of nitrogens with zero attached hydrogens (tertiary/aromatic N) is 2. The molecule has 17 heavy (non-hydrogen) atoms. The van der Waals surface area contributed by atoms with E-state index >= 15 is 0 Å². The lowest BCUT2D eigenvalue weighted by molar-refractivity contribution is -0.144. The first-order valence-electron chi connectivity index (χ1n) is 5.67. The topological polar surface area (TPSA) is 64.1 Å². The number of hydrogen-bond acceptors (Lipinski definition) is 5. The van der Waals surface area contributed by atoms with Crippen LogP contribution in [-0.2, 0) is 16.0 Å². The van der Waals surface area contributed by atoms with Crippen LogP contribution in [0.15, 0.2) is 12.4 Å². The van der Waals surface area contributed by atoms with Gasteiger partial charge in [0.15, 0.2) is 0 Å². The summed E-state index contributed by atoms with van der Waals surface area (Å²) in [6.07, 6.45) is 5.56.